The molecule has 0 bridgehead atoms. The fourth-order valence-corrected chi connectivity index (χ4v) is 2.75. The molecule has 2 aromatic heterocycles. The number of hydrogen-bond donors (Lipinski definition) is 1. The number of nitrogens with two attached hydrogens (primary N) is 1. The summed E-state index contributed by atoms with van der Waals surface area (Å²) in [5.74, 6) is 0.866. The van der Waals surface area contributed by atoms with Gasteiger partial charge in [0.05, 0.1) is 21.4 Å². The van der Waals surface area contributed by atoms with Gasteiger partial charge in [0.2, 0.25) is 0 Å². The molecule has 1 aromatic carbocycles. The molecule has 0 fully saturated rings. The number of hydrogen-bond acceptors (Lipinski definition) is 3. The number of benzene rings is 1. The van der Waals surface area contributed by atoms with Gasteiger partial charge in [-0.1, -0.05) is 18.2 Å². The van der Waals surface area contributed by atoms with Crippen LogP contribution in [0.1, 0.15) is 17.0 Å². The van der Waals surface area contributed by atoms with Crippen molar-refractivity contribution >= 4 is 26.8 Å². The van der Waals surface area contributed by atoms with Crippen LogP contribution in [0.3, 0.4) is 0 Å². The molecule has 108 valence electrons. The summed E-state index contributed by atoms with van der Waals surface area (Å²) in [4.78, 5) is 4.80. The van der Waals surface area contributed by atoms with Crippen LogP contribution in [0.25, 0.3) is 16.7 Å². The van der Waals surface area contributed by atoms with Gasteiger partial charge in [-0.3, -0.25) is 0 Å². The summed E-state index contributed by atoms with van der Waals surface area (Å²) in [5, 5.41) is 5.73. The lowest BCUT2D eigenvalue weighted by atomic mass is 10.1. The molecule has 0 radical (unpaired) electrons. The number of fused-ring (bicyclic) bond motifs is 1. The average molecular weight is 345 g/mol. The van der Waals surface area contributed by atoms with Gasteiger partial charge in [-0.2, -0.15) is 5.10 Å². The highest BCUT2D eigenvalue weighted by Crippen LogP contribution is 2.26. The van der Waals surface area contributed by atoms with Crippen LogP contribution in [-0.2, 0) is 6.42 Å². The number of halogens is 1. The smallest absolute Gasteiger partial charge is 0.157 e. The second-order valence-corrected chi connectivity index (χ2v) is 5.89. The number of aryl methyl sites for hydroxylation is 1. The van der Waals surface area contributed by atoms with Gasteiger partial charge in [-0.05, 0) is 60.4 Å². The lowest BCUT2D eigenvalue weighted by Gasteiger charge is -2.11. The number of para-hydroxylation sites is 1. The maximum Gasteiger partial charge on any atom is 0.157 e. The van der Waals surface area contributed by atoms with Gasteiger partial charge in [-0.15, -0.1) is 0 Å². The van der Waals surface area contributed by atoms with E-state index in [1.165, 1.54) is 0 Å². The van der Waals surface area contributed by atoms with Crippen molar-refractivity contribution in [3.63, 3.8) is 0 Å². The first-order valence-electron chi connectivity index (χ1n) is 6.92. The van der Waals surface area contributed by atoms with E-state index < -0.39 is 0 Å². The van der Waals surface area contributed by atoms with E-state index in [9.17, 15) is 0 Å². The molecular weight excluding hydrogens is 328 g/mol. The number of nitrogens with zero attached hydrogens (tertiary/aromatic N) is 3. The minimum atomic E-state index is 0.591. The quantitative estimate of drug-likeness (QED) is 0.792. The van der Waals surface area contributed by atoms with Crippen molar-refractivity contribution in [2.24, 2.45) is 5.73 Å². The zero-order valence-electron chi connectivity index (χ0n) is 12.1. The highest BCUT2D eigenvalue weighted by molar-refractivity contribution is 9.10. The molecule has 3 rings (SSSR count). The van der Waals surface area contributed by atoms with Crippen molar-refractivity contribution in [2.75, 3.05) is 6.54 Å². The molecule has 0 aliphatic heterocycles. The maximum absolute atomic E-state index is 5.76. The third kappa shape index (κ3) is 2.47. The van der Waals surface area contributed by atoms with Crippen molar-refractivity contribution in [3.05, 3.63) is 51.8 Å². The van der Waals surface area contributed by atoms with E-state index in [1.807, 2.05) is 36.7 Å². The van der Waals surface area contributed by atoms with E-state index in [0.717, 1.165) is 44.6 Å². The Labute approximate surface area is 132 Å². The molecule has 2 N–H and O–H groups in total. The van der Waals surface area contributed by atoms with Crippen molar-refractivity contribution in [3.8, 4) is 5.82 Å². The first kappa shape index (κ1) is 14.2. The first-order valence-corrected chi connectivity index (χ1v) is 7.72. The van der Waals surface area contributed by atoms with Crippen LogP contribution in [0.15, 0.2) is 34.8 Å². The normalized spacial score (nSPS) is 11.2. The molecule has 0 aliphatic carbocycles. The summed E-state index contributed by atoms with van der Waals surface area (Å²) in [6.07, 6.45) is 0.781. The Bertz CT molecular complexity index is 807. The molecule has 0 saturated carbocycles. The number of rotatable bonds is 3. The summed E-state index contributed by atoms with van der Waals surface area (Å²) in [6, 6.07) is 10.3. The first-order chi connectivity index (χ1) is 10.1. The van der Waals surface area contributed by atoms with Crippen molar-refractivity contribution < 1.29 is 0 Å². The number of pyridine rings is 1. The van der Waals surface area contributed by atoms with E-state index >= 15 is 0 Å². The standard InChI is InChI=1S/C16H17BrN4/c1-10-15(17)11(2)21(20-10)16-13(7-8-18)9-12-5-3-4-6-14(12)19-16/h3-6,9H,7-8,18H2,1-2H3. The van der Waals surface area contributed by atoms with Gasteiger partial charge in [-0.25, -0.2) is 9.67 Å². The van der Waals surface area contributed by atoms with Crippen LogP contribution in [-0.4, -0.2) is 21.3 Å². The molecule has 0 saturated heterocycles. The van der Waals surface area contributed by atoms with E-state index in [-0.39, 0.29) is 0 Å². The highest BCUT2D eigenvalue weighted by Gasteiger charge is 2.15. The summed E-state index contributed by atoms with van der Waals surface area (Å²) in [7, 11) is 0. The SMILES string of the molecule is Cc1nn(-c2nc3ccccc3cc2CCN)c(C)c1Br. The van der Waals surface area contributed by atoms with E-state index in [0.29, 0.717) is 6.54 Å². The molecule has 0 spiro atoms. The van der Waals surface area contributed by atoms with Gasteiger partial charge in [0.25, 0.3) is 0 Å². The molecule has 0 aliphatic rings. The molecule has 3 aromatic rings. The Kier molecular flexibility index (Phi) is 3.78. The number of aromatic nitrogens is 3. The van der Waals surface area contributed by atoms with E-state index in [4.69, 9.17) is 10.7 Å². The Hall–Kier alpha value is -1.72. The molecule has 21 heavy (non-hydrogen) atoms. The minimum Gasteiger partial charge on any atom is -0.330 e. The third-order valence-corrected chi connectivity index (χ3v) is 4.74. The van der Waals surface area contributed by atoms with Gasteiger partial charge in [0.15, 0.2) is 5.82 Å². The van der Waals surface area contributed by atoms with Gasteiger partial charge < -0.3 is 5.73 Å². The molecule has 0 amide bonds. The lowest BCUT2D eigenvalue weighted by molar-refractivity contribution is 0.790. The van der Waals surface area contributed by atoms with Gasteiger partial charge in [0.1, 0.15) is 0 Å². The van der Waals surface area contributed by atoms with Crippen molar-refractivity contribution in [2.45, 2.75) is 20.3 Å². The van der Waals surface area contributed by atoms with Crippen LogP contribution < -0.4 is 5.73 Å². The molecule has 0 unspecified atom stereocenters. The lowest BCUT2D eigenvalue weighted by Crippen LogP contribution is -2.11. The third-order valence-electron chi connectivity index (χ3n) is 3.60. The molecule has 5 heteroatoms. The van der Waals surface area contributed by atoms with Crippen LogP contribution in [0.4, 0.5) is 0 Å². The van der Waals surface area contributed by atoms with Crippen LogP contribution in [0.2, 0.25) is 0 Å². The zero-order valence-corrected chi connectivity index (χ0v) is 13.7. The Morgan fingerprint density at radius 3 is 2.67 bits per heavy atom. The summed E-state index contributed by atoms with van der Waals surface area (Å²) in [5.41, 5.74) is 9.86. The highest BCUT2D eigenvalue weighted by atomic mass is 79.9. The van der Waals surface area contributed by atoms with E-state index in [1.54, 1.807) is 0 Å². The monoisotopic (exact) mass is 344 g/mol. The Balaban J connectivity index is 2.28. The van der Waals surface area contributed by atoms with Crippen molar-refractivity contribution in [1.29, 1.82) is 0 Å². The second-order valence-electron chi connectivity index (χ2n) is 5.10. The predicted molar refractivity (Wildman–Crippen MR) is 88.8 cm³/mol. The molecule has 0 atom stereocenters. The van der Waals surface area contributed by atoms with Crippen LogP contribution in [0.5, 0.6) is 0 Å². The summed E-state index contributed by atoms with van der Waals surface area (Å²) >= 11 is 3.57. The summed E-state index contributed by atoms with van der Waals surface area (Å²) in [6.45, 7) is 4.61. The topological polar surface area (TPSA) is 56.7 Å². The Morgan fingerprint density at radius 2 is 2.00 bits per heavy atom. The average Bonchev–Trinajstić information content (AvgIpc) is 2.74. The summed E-state index contributed by atoms with van der Waals surface area (Å²) < 4.78 is 2.92. The van der Waals surface area contributed by atoms with E-state index in [2.05, 4.69) is 33.2 Å². The predicted octanol–water partition coefficient (Wildman–Crippen LogP) is 3.30. The van der Waals surface area contributed by atoms with Crippen molar-refractivity contribution in [1.82, 2.24) is 14.8 Å². The fraction of sp³-hybridized carbons (Fsp3) is 0.250. The van der Waals surface area contributed by atoms with Crippen LogP contribution >= 0.6 is 15.9 Å². The molecule has 4 nitrogen and oxygen atoms in total. The maximum atomic E-state index is 5.76. The molecular formula is C16H17BrN4. The van der Waals surface area contributed by atoms with Gasteiger partial charge in [0, 0.05) is 5.39 Å². The minimum absolute atomic E-state index is 0.591. The van der Waals surface area contributed by atoms with Gasteiger partial charge >= 0.3 is 0 Å². The molecule has 2 heterocycles. The fourth-order valence-electron chi connectivity index (χ4n) is 2.50. The van der Waals surface area contributed by atoms with Crippen LogP contribution in [0, 0.1) is 13.8 Å². The Morgan fingerprint density at radius 1 is 1.24 bits per heavy atom. The second kappa shape index (κ2) is 5.58. The zero-order chi connectivity index (χ0) is 15.0. The largest absolute Gasteiger partial charge is 0.330 e.